The summed E-state index contributed by atoms with van der Waals surface area (Å²) >= 11 is 0. The minimum Gasteiger partial charge on any atom is -0.316 e. The van der Waals surface area contributed by atoms with Gasteiger partial charge in [0.05, 0.1) is 0 Å². The molecule has 0 aliphatic rings. The van der Waals surface area contributed by atoms with Crippen LogP contribution in [0.1, 0.15) is 46.0 Å². The van der Waals surface area contributed by atoms with Crippen LogP contribution >= 0.6 is 0 Å². The monoisotopic (exact) mass is 183 g/mol. The maximum atomic E-state index is 3.82. The summed E-state index contributed by atoms with van der Waals surface area (Å²) in [7, 11) is 0. The summed E-state index contributed by atoms with van der Waals surface area (Å²) in [5, 5.41) is 3.47. The molecule has 1 atom stereocenters. The molecule has 0 fully saturated rings. The van der Waals surface area contributed by atoms with E-state index in [1.165, 1.54) is 38.6 Å². The lowest BCUT2D eigenvalue weighted by molar-refractivity contribution is 0.524. The summed E-state index contributed by atoms with van der Waals surface area (Å²) in [5.74, 6) is 0.658. The zero-order valence-corrected chi connectivity index (χ0v) is 9.31. The molecule has 78 valence electrons. The van der Waals surface area contributed by atoms with E-state index in [0.717, 1.165) is 6.54 Å². The van der Waals surface area contributed by atoms with Crippen LogP contribution in [0.3, 0.4) is 0 Å². The van der Waals surface area contributed by atoms with Crippen LogP contribution in [-0.2, 0) is 0 Å². The molecule has 0 heterocycles. The SMILES string of the molecule is C=C[C@H](CC)CNCCCCCC. The Morgan fingerprint density at radius 3 is 2.54 bits per heavy atom. The van der Waals surface area contributed by atoms with E-state index in [4.69, 9.17) is 0 Å². The van der Waals surface area contributed by atoms with Gasteiger partial charge in [-0.25, -0.2) is 0 Å². The van der Waals surface area contributed by atoms with Crippen LogP contribution in [0.4, 0.5) is 0 Å². The second-order valence-corrected chi connectivity index (χ2v) is 3.67. The molecular weight excluding hydrogens is 158 g/mol. The van der Waals surface area contributed by atoms with Crippen molar-refractivity contribution in [3.63, 3.8) is 0 Å². The van der Waals surface area contributed by atoms with Crippen LogP contribution in [0.15, 0.2) is 12.7 Å². The van der Waals surface area contributed by atoms with Gasteiger partial charge in [0, 0.05) is 6.54 Å². The summed E-state index contributed by atoms with van der Waals surface area (Å²) in [6, 6.07) is 0. The number of unbranched alkanes of at least 4 members (excludes halogenated alkanes) is 3. The van der Waals surface area contributed by atoms with Crippen LogP contribution < -0.4 is 5.32 Å². The summed E-state index contributed by atoms with van der Waals surface area (Å²) < 4.78 is 0. The summed E-state index contributed by atoms with van der Waals surface area (Å²) in [6.45, 7) is 10.6. The molecule has 1 N–H and O–H groups in total. The van der Waals surface area contributed by atoms with Gasteiger partial charge in [-0.1, -0.05) is 39.2 Å². The highest BCUT2D eigenvalue weighted by molar-refractivity contribution is 4.79. The lowest BCUT2D eigenvalue weighted by Crippen LogP contribution is -2.22. The van der Waals surface area contributed by atoms with E-state index in [1.54, 1.807) is 0 Å². The first-order chi connectivity index (χ1) is 6.35. The highest BCUT2D eigenvalue weighted by atomic mass is 14.8. The zero-order chi connectivity index (χ0) is 9.94. The fraction of sp³-hybridized carbons (Fsp3) is 0.833. The molecule has 0 rings (SSSR count). The largest absolute Gasteiger partial charge is 0.316 e. The van der Waals surface area contributed by atoms with Crippen LogP contribution in [0.5, 0.6) is 0 Å². The molecule has 0 amide bonds. The zero-order valence-electron chi connectivity index (χ0n) is 9.31. The van der Waals surface area contributed by atoms with Crippen molar-refractivity contribution in [3.8, 4) is 0 Å². The highest BCUT2D eigenvalue weighted by Gasteiger charge is 1.98. The molecule has 0 aliphatic heterocycles. The predicted octanol–water partition coefficient (Wildman–Crippen LogP) is 3.37. The molecule has 0 aliphatic carbocycles. The van der Waals surface area contributed by atoms with Crippen LogP contribution in [-0.4, -0.2) is 13.1 Å². The van der Waals surface area contributed by atoms with Crippen molar-refractivity contribution in [2.75, 3.05) is 13.1 Å². The van der Waals surface area contributed by atoms with Gasteiger partial charge in [-0.15, -0.1) is 6.58 Å². The van der Waals surface area contributed by atoms with Gasteiger partial charge in [0.15, 0.2) is 0 Å². The molecule has 0 aromatic heterocycles. The standard InChI is InChI=1S/C12H25N/c1-4-7-8-9-10-13-11-12(5-2)6-3/h5,12-13H,2,4,6-11H2,1,3H3/t12-/m1/s1. The van der Waals surface area contributed by atoms with Gasteiger partial charge in [0.25, 0.3) is 0 Å². The van der Waals surface area contributed by atoms with Crippen molar-refractivity contribution in [3.05, 3.63) is 12.7 Å². The number of nitrogens with one attached hydrogen (secondary N) is 1. The molecule has 1 heteroatoms. The van der Waals surface area contributed by atoms with Gasteiger partial charge in [0.1, 0.15) is 0 Å². The average Bonchev–Trinajstić information content (AvgIpc) is 2.17. The topological polar surface area (TPSA) is 12.0 Å². The minimum absolute atomic E-state index is 0.658. The molecule has 0 saturated carbocycles. The second-order valence-electron chi connectivity index (χ2n) is 3.67. The van der Waals surface area contributed by atoms with Gasteiger partial charge in [0.2, 0.25) is 0 Å². The van der Waals surface area contributed by atoms with E-state index in [2.05, 4.69) is 31.8 Å². The minimum atomic E-state index is 0.658. The van der Waals surface area contributed by atoms with E-state index in [1.807, 2.05) is 0 Å². The molecule has 0 radical (unpaired) electrons. The molecule has 0 spiro atoms. The quantitative estimate of drug-likeness (QED) is 0.427. The third kappa shape index (κ3) is 8.04. The smallest absolute Gasteiger partial charge is 0.00140 e. The van der Waals surface area contributed by atoms with Crippen molar-refractivity contribution in [1.82, 2.24) is 5.32 Å². The van der Waals surface area contributed by atoms with Crippen LogP contribution in [0.25, 0.3) is 0 Å². The molecular formula is C12H25N. The number of hydrogen-bond acceptors (Lipinski definition) is 1. The van der Waals surface area contributed by atoms with Gasteiger partial charge >= 0.3 is 0 Å². The maximum absolute atomic E-state index is 3.82. The van der Waals surface area contributed by atoms with E-state index in [9.17, 15) is 0 Å². The maximum Gasteiger partial charge on any atom is 0.00140 e. The molecule has 0 aromatic carbocycles. The Balaban J connectivity index is 3.10. The van der Waals surface area contributed by atoms with Crippen LogP contribution in [0.2, 0.25) is 0 Å². The molecule has 1 nitrogen and oxygen atoms in total. The predicted molar refractivity (Wildman–Crippen MR) is 61.0 cm³/mol. The Labute approximate surface area is 83.6 Å². The average molecular weight is 183 g/mol. The molecule has 0 bridgehead atoms. The fourth-order valence-corrected chi connectivity index (χ4v) is 1.36. The normalized spacial score (nSPS) is 12.8. The first-order valence-electron chi connectivity index (χ1n) is 5.68. The van der Waals surface area contributed by atoms with Crippen molar-refractivity contribution >= 4 is 0 Å². The lowest BCUT2D eigenvalue weighted by atomic mass is 10.1. The summed E-state index contributed by atoms with van der Waals surface area (Å²) in [6.07, 6.45) is 8.64. The first-order valence-corrected chi connectivity index (χ1v) is 5.68. The van der Waals surface area contributed by atoms with Gasteiger partial charge in [-0.05, 0) is 25.3 Å². The lowest BCUT2D eigenvalue weighted by Gasteiger charge is -2.10. The molecule has 13 heavy (non-hydrogen) atoms. The summed E-state index contributed by atoms with van der Waals surface area (Å²) in [4.78, 5) is 0. The van der Waals surface area contributed by atoms with Gasteiger partial charge in [-0.3, -0.25) is 0 Å². The van der Waals surface area contributed by atoms with Crippen molar-refractivity contribution in [2.45, 2.75) is 46.0 Å². The Hall–Kier alpha value is -0.300. The fourth-order valence-electron chi connectivity index (χ4n) is 1.36. The third-order valence-electron chi connectivity index (χ3n) is 2.47. The van der Waals surface area contributed by atoms with Crippen LogP contribution in [0, 0.1) is 5.92 Å². The third-order valence-corrected chi connectivity index (χ3v) is 2.47. The van der Waals surface area contributed by atoms with E-state index in [-0.39, 0.29) is 0 Å². The second kappa shape index (κ2) is 9.79. The molecule has 0 aromatic rings. The first kappa shape index (κ1) is 12.7. The van der Waals surface area contributed by atoms with Gasteiger partial charge < -0.3 is 5.32 Å². The summed E-state index contributed by atoms with van der Waals surface area (Å²) in [5.41, 5.74) is 0. The van der Waals surface area contributed by atoms with E-state index >= 15 is 0 Å². The van der Waals surface area contributed by atoms with E-state index < -0.39 is 0 Å². The Kier molecular flexibility index (Phi) is 9.56. The highest BCUT2D eigenvalue weighted by Crippen LogP contribution is 2.01. The number of rotatable bonds is 9. The number of hydrogen-bond donors (Lipinski definition) is 1. The molecule has 0 saturated heterocycles. The molecule has 0 unspecified atom stereocenters. The van der Waals surface area contributed by atoms with Crippen molar-refractivity contribution in [2.24, 2.45) is 5.92 Å². The van der Waals surface area contributed by atoms with E-state index in [0.29, 0.717) is 5.92 Å². The van der Waals surface area contributed by atoms with Gasteiger partial charge in [-0.2, -0.15) is 0 Å². The Morgan fingerprint density at radius 2 is 2.00 bits per heavy atom. The Bertz CT molecular complexity index is 110. The van der Waals surface area contributed by atoms with Crippen molar-refractivity contribution < 1.29 is 0 Å². The Morgan fingerprint density at radius 1 is 1.23 bits per heavy atom. The van der Waals surface area contributed by atoms with Crippen molar-refractivity contribution in [1.29, 1.82) is 0 Å².